The Hall–Kier alpha value is -4.84. The number of benzene rings is 2. The molecule has 2 aromatic carbocycles. The fourth-order valence-electron chi connectivity index (χ4n) is 5.87. The second-order valence-electron chi connectivity index (χ2n) is 11.9. The number of carbonyl (C=O) groups is 1. The van der Waals surface area contributed by atoms with Crippen LogP contribution in [0.3, 0.4) is 0 Å². The molecule has 1 aromatic heterocycles. The van der Waals surface area contributed by atoms with Crippen molar-refractivity contribution in [3.05, 3.63) is 64.7 Å². The number of nitrogens with zero attached hydrogens (tertiary/aromatic N) is 8. The Kier molecular flexibility index (Phi) is 9.72. The van der Waals surface area contributed by atoms with Crippen LogP contribution < -0.4 is 15.4 Å². The van der Waals surface area contributed by atoms with Crippen LogP contribution in [-0.4, -0.2) is 93.6 Å². The van der Waals surface area contributed by atoms with E-state index in [2.05, 4.69) is 40.4 Å². The fraction of sp³-hybridized carbons (Fsp3) is 0.438. The molecule has 0 spiro atoms. The van der Waals surface area contributed by atoms with Crippen LogP contribution in [0.4, 0.5) is 30.8 Å². The number of hydrogen-bond acceptors (Lipinski definition) is 9. The van der Waals surface area contributed by atoms with Crippen LogP contribution in [0, 0.1) is 11.5 Å². The van der Waals surface area contributed by atoms with Gasteiger partial charge in [-0.25, -0.2) is 0 Å². The van der Waals surface area contributed by atoms with Gasteiger partial charge in [0.2, 0.25) is 24.0 Å². The van der Waals surface area contributed by atoms with Crippen molar-refractivity contribution in [2.24, 2.45) is 4.99 Å². The van der Waals surface area contributed by atoms with Crippen LogP contribution in [0.15, 0.2) is 53.5 Å². The smallest absolute Gasteiger partial charge is 0.422 e. The van der Waals surface area contributed by atoms with E-state index in [1.165, 1.54) is 6.42 Å². The minimum Gasteiger partial charge on any atom is -0.454 e. The number of rotatable bonds is 8. The van der Waals surface area contributed by atoms with Crippen LogP contribution in [0.1, 0.15) is 48.0 Å². The van der Waals surface area contributed by atoms with Crippen molar-refractivity contribution in [1.29, 1.82) is 5.26 Å². The number of hydrogen-bond donors (Lipinski definition) is 2. The molecule has 2 saturated heterocycles. The second kappa shape index (κ2) is 14.1. The Morgan fingerprint density at radius 3 is 2.15 bits per heavy atom. The van der Waals surface area contributed by atoms with Gasteiger partial charge in [-0.1, -0.05) is 23.7 Å². The molecule has 12 nitrogen and oxygen atoms in total. The van der Waals surface area contributed by atoms with Gasteiger partial charge in [0.15, 0.2) is 6.61 Å². The molecule has 3 fully saturated rings. The molecular weight excluding hydrogens is 649 g/mol. The van der Waals surface area contributed by atoms with Crippen LogP contribution in [0.25, 0.3) is 0 Å². The van der Waals surface area contributed by atoms with Gasteiger partial charge in [-0.15, -0.1) is 4.99 Å². The van der Waals surface area contributed by atoms with Crippen molar-refractivity contribution in [1.82, 2.24) is 29.7 Å². The first kappa shape index (κ1) is 33.1. The van der Waals surface area contributed by atoms with Gasteiger partial charge in [0.25, 0.3) is 5.91 Å². The summed E-state index contributed by atoms with van der Waals surface area (Å²) in [6.07, 6.45) is 2.18. The summed E-state index contributed by atoms with van der Waals surface area (Å²) in [5.41, 5.74) is 1.43. The largest absolute Gasteiger partial charge is 0.454 e. The Labute approximate surface area is 280 Å². The summed E-state index contributed by atoms with van der Waals surface area (Å²) in [4.78, 5) is 35.9. The van der Waals surface area contributed by atoms with E-state index in [1.807, 2.05) is 18.3 Å². The maximum absolute atomic E-state index is 13.3. The van der Waals surface area contributed by atoms with E-state index in [-0.39, 0.29) is 17.8 Å². The first-order valence-corrected chi connectivity index (χ1v) is 16.1. The number of piperidine rings is 1. The topological polar surface area (TPSA) is 135 Å². The molecule has 0 radical (unpaired) electrons. The molecule has 6 rings (SSSR count). The zero-order valence-corrected chi connectivity index (χ0v) is 26.8. The highest BCUT2D eigenvalue weighted by atomic mass is 35.5. The molecule has 48 heavy (non-hydrogen) atoms. The summed E-state index contributed by atoms with van der Waals surface area (Å²) in [5, 5.41) is 16.1. The molecule has 16 heteroatoms. The molecule has 2 N–H and O–H groups in total. The summed E-state index contributed by atoms with van der Waals surface area (Å²) >= 11 is 6.04. The van der Waals surface area contributed by atoms with Crippen LogP contribution in [-0.2, 0) is 5.54 Å². The summed E-state index contributed by atoms with van der Waals surface area (Å²) in [6.45, 7) is 2.27. The Balaban J connectivity index is 1.11. The molecule has 252 valence electrons. The van der Waals surface area contributed by atoms with Crippen molar-refractivity contribution in [3.8, 4) is 12.2 Å². The average molecular weight is 683 g/mol. The van der Waals surface area contributed by atoms with E-state index in [1.54, 1.807) is 41.3 Å². The third-order valence-electron chi connectivity index (χ3n) is 8.50. The third kappa shape index (κ3) is 8.17. The maximum atomic E-state index is 13.3. The van der Waals surface area contributed by atoms with Crippen molar-refractivity contribution in [2.75, 3.05) is 56.5 Å². The Morgan fingerprint density at radius 1 is 0.896 bits per heavy atom. The lowest BCUT2D eigenvalue weighted by Gasteiger charge is -2.40. The summed E-state index contributed by atoms with van der Waals surface area (Å²) in [5.74, 6) is 0.562. The SMILES string of the molecule is N#CN=C(N1CCCCC1)N1CCN(C(=O)c2ccc(Nc3nc(NC4(c5ccc(Cl)cc5)CC4)nc(OCC(F)(F)F)n3)cc2)CC1. The lowest BCUT2D eigenvalue weighted by atomic mass is 10.1. The Bertz CT molecular complexity index is 1660. The number of anilines is 3. The van der Waals surface area contributed by atoms with Crippen molar-refractivity contribution < 1.29 is 22.7 Å². The zero-order valence-electron chi connectivity index (χ0n) is 26.0. The number of nitrogens with one attached hydrogen (secondary N) is 2. The number of nitriles is 1. The molecule has 1 saturated carbocycles. The number of carbonyl (C=O) groups excluding carboxylic acids is 1. The van der Waals surface area contributed by atoms with Gasteiger partial charge in [0.1, 0.15) is 0 Å². The van der Waals surface area contributed by atoms with Crippen LogP contribution in [0.2, 0.25) is 5.02 Å². The number of likely N-dealkylation sites (tertiary alicyclic amines) is 1. The number of amides is 1. The zero-order chi connectivity index (χ0) is 33.7. The number of piperazine rings is 1. The predicted molar refractivity (Wildman–Crippen MR) is 173 cm³/mol. The van der Waals surface area contributed by atoms with E-state index < -0.39 is 24.3 Å². The van der Waals surface area contributed by atoms with Crippen molar-refractivity contribution in [3.63, 3.8) is 0 Å². The van der Waals surface area contributed by atoms with E-state index in [0.29, 0.717) is 48.4 Å². The standard InChI is InChI=1S/C32H34ClF3N10O2/c33-24-8-6-23(7-9-24)31(12-13-31)43-28-40-27(41-29(42-28)48-20-32(34,35)36)39-25-10-4-22(5-11-25)26(47)44-16-18-46(19-17-44)30(38-21-37)45-14-2-1-3-15-45/h4-11H,1-3,12-20H2,(H2,39,40,41,42,43). The summed E-state index contributed by atoms with van der Waals surface area (Å²) < 4.78 is 43.7. The van der Waals surface area contributed by atoms with Gasteiger partial charge < -0.3 is 30.1 Å². The molecular formula is C32H34ClF3N10O2. The summed E-state index contributed by atoms with van der Waals surface area (Å²) in [6, 6.07) is 13.5. The Morgan fingerprint density at radius 2 is 1.52 bits per heavy atom. The van der Waals surface area contributed by atoms with E-state index in [0.717, 1.165) is 44.3 Å². The summed E-state index contributed by atoms with van der Waals surface area (Å²) in [7, 11) is 0. The van der Waals surface area contributed by atoms with Gasteiger partial charge >= 0.3 is 12.2 Å². The van der Waals surface area contributed by atoms with E-state index in [4.69, 9.17) is 16.3 Å². The van der Waals surface area contributed by atoms with Crippen LogP contribution in [0.5, 0.6) is 6.01 Å². The van der Waals surface area contributed by atoms with Crippen molar-refractivity contribution in [2.45, 2.75) is 43.8 Å². The second-order valence-corrected chi connectivity index (χ2v) is 12.4. The van der Waals surface area contributed by atoms with Gasteiger partial charge in [-0.2, -0.15) is 33.4 Å². The molecule has 2 aliphatic heterocycles. The minimum absolute atomic E-state index is 0.0321. The molecule has 3 heterocycles. The maximum Gasteiger partial charge on any atom is 0.422 e. The lowest BCUT2D eigenvalue weighted by Crippen LogP contribution is -2.55. The van der Waals surface area contributed by atoms with E-state index >= 15 is 0 Å². The van der Waals surface area contributed by atoms with Crippen molar-refractivity contribution >= 4 is 41.1 Å². The number of halogens is 4. The molecule has 0 bridgehead atoms. The quantitative estimate of drug-likeness (QED) is 0.181. The monoisotopic (exact) mass is 682 g/mol. The van der Waals surface area contributed by atoms with Gasteiger partial charge in [-0.05, 0) is 74.1 Å². The number of alkyl halides is 3. The molecule has 1 amide bonds. The highest BCUT2D eigenvalue weighted by Gasteiger charge is 2.45. The molecule has 1 aliphatic carbocycles. The average Bonchev–Trinajstić information content (AvgIpc) is 3.87. The van der Waals surface area contributed by atoms with Crippen LogP contribution >= 0.6 is 11.6 Å². The minimum atomic E-state index is -4.58. The molecule has 3 aliphatic rings. The first-order valence-electron chi connectivity index (χ1n) is 15.7. The molecule has 3 aromatic rings. The number of aromatic nitrogens is 3. The van der Waals surface area contributed by atoms with Gasteiger partial charge in [-0.3, -0.25) is 4.79 Å². The van der Waals surface area contributed by atoms with Gasteiger partial charge in [0.05, 0.1) is 5.54 Å². The number of guanidine groups is 1. The predicted octanol–water partition coefficient (Wildman–Crippen LogP) is 5.39. The fourth-order valence-corrected chi connectivity index (χ4v) is 6.00. The highest BCUT2D eigenvalue weighted by Crippen LogP contribution is 2.48. The van der Waals surface area contributed by atoms with E-state index in [9.17, 15) is 23.2 Å². The number of ether oxygens (including phenoxy) is 1. The third-order valence-corrected chi connectivity index (χ3v) is 8.76. The normalized spacial score (nSPS) is 17.8. The van der Waals surface area contributed by atoms with Gasteiger partial charge in [0, 0.05) is 55.5 Å². The lowest BCUT2D eigenvalue weighted by molar-refractivity contribution is -0.154. The number of aliphatic imine (C=N–C) groups is 1. The molecule has 0 unspecified atom stereocenters. The molecule has 0 atom stereocenters. The highest BCUT2D eigenvalue weighted by molar-refractivity contribution is 6.30. The first-order chi connectivity index (χ1) is 23.1.